The lowest BCUT2D eigenvalue weighted by Crippen LogP contribution is -2.48. The normalized spacial score (nSPS) is 21.4. The van der Waals surface area contributed by atoms with Gasteiger partial charge >= 0.3 is 0 Å². The average Bonchev–Trinajstić information content (AvgIpc) is 2.55. The summed E-state index contributed by atoms with van der Waals surface area (Å²) in [5.74, 6) is -0.415. The van der Waals surface area contributed by atoms with Gasteiger partial charge in [0.25, 0.3) is 0 Å². The monoisotopic (exact) mass is 332 g/mol. The number of amides is 2. The Bertz CT molecular complexity index is 696. The fourth-order valence-corrected chi connectivity index (χ4v) is 3.19. The SMILES string of the molecule is CC(=O)N1CCN(c2ccc(C3=NNC(=O)C[C@H]3C)cc2F)CC1. The summed E-state index contributed by atoms with van der Waals surface area (Å²) in [6.45, 7) is 5.89. The minimum Gasteiger partial charge on any atom is -0.366 e. The van der Waals surface area contributed by atoms with Crippen molar-refractivity contribution < 1.29 is 14.0 Å². The molecule has 1 fully saturated rings. The summed E-state index contributed by atoms with van der Waals surface area (Å²) in [7, 11) is 0. The molecule has 0 unspecified atom stereocenters. The lowest BCUT2D eigenvalue weighted by Gasteiger charge is -2.35. The van der Waals surface area contributed by atoms with Crippen molar-refractivity contribution in [3.05, 3.63) is 29.6 Å². The molecule has 2 amide bonds. The number of nitrogens with one attached hydrogen (secondary N) is 1. The maximum absolute atomic E-state index is 14.6. The highest BCUT2D eigenvalue weighted by atomic mass is 19.1. The predicted molar refractivity (Wildman–Crippen MR) is 89.3 cm³/mol. The van der Waals surface area contributed by atoms with Gasteiger partial charge in [0.05, 0.1) is 11.4 Å². The molecule has 1 atom stereocenters. The van der Waals surface area contributed by atoms with E-state index in [1.165, 1.54) is 6.07 Å². The molecule has 7 heteroatoms. The number of piperazine rings is 1. The van der Waals surface area contributed by atoms with Gasteiger partial charge in [-0.2, -0.15) is 5.10 Å². The van der Waals surface area contributed by atoms with Crippen molar-refractivity contribution in [3.8, 4) is 0 Å². The lowest BCUT2D eigenvalue weighted by atomic mass is 9.94. The Balaban J connectivity index is 1.76. The predicted octanol–water partition coefficient (Wildman–Crippen LogP) is 1.35. The smallest absolute Gasteiger partial charge is 0.240 e. The number of carbonyl (C=O) groups excluding carboxylic acids is 2. The molecule has 2 aliphatic heterocycles. The van der Waals surface area contributed by atoms with Crippen LogP contribution in [0.15, 0.2) is 23.3 Å². The summed E-state index contributed by atoms with van der Waals surface area (Å²) in [6, 6.07) is 5.06. The molecular weight excluding hydrogens is 311 g/mol. The third-order valence-corrected chi connectivity index (χ3v) is 4.57. The lowest BCUT2D eigenvalue weighted by molar-refractivity contribution is -0.129. The number of hydrazone groups is 1. The number of carbonyl (C=O) groups is 2. The van der Waals surface area contributed by atoms with Crippen molar-refractivity contribution in [1.82, 2.24) is 10.3 Å². The van der Waals surface area contributed by atoms with Gasteiger partial charge in [-0.3, -0.25) is 9.59 Å². The molecule has 1 N–H and O–H groups in total. The highest BCUT2D eigenvalue weighted by Crippen LogP contribution is 2.25. The van der Waals surface area contributed by atoms with Crippen LogP contribution in [0.1, 0.15) is 25.8 Å². The number of anilines is 1. The van der Waals surface area contributed by atoms with Gasteiger partial charge in [-0.05, 0) is 12.1 Å². The third-order valence-electron chi connectivity index (χ3n) is 4.57. The van der Waals surface area contributed by atoms with Gasteiger partial charge in [0, 0.05) is 51.0 Å². The van der Waals surface area contributed by atoms with Crippen LogP contribution in [0, 0.1) is 11.7 Å². The van der Waals surface area contributed by atoms with Crippen molar-refractivity contribution in [3.63, 3.8) is 0 Å². The highest BCUT2D eigenvalue weighted by Gasteiger charge is 2.24. The first kappa shape index (κ1) is 16.4. The first-order valence-corrected chi connectivity index (χ1v) is 8.12. The van der Waals surface area contributed by atoms with Crippen LogP contribution in [0.5, 0.6) is 0 Å². The van der Waals surface area contributed by atoms with E-state index in [1.807, 2.05) is 17.9 Å². The molecule has 6 nitrogen and oxygen atoms in total. The van der Waals surface area contributed by atoms with Crippen LogP contribution < -0.4 is 10.3 Å². The van der Waals surface area contributed by atoms with E-state index >= 15 is 0 Å². The van der Waals surface area contributed by atoms with Crippen LogP contribution in [0.3, 0.4) is 0 Å². The number of benzene rings is 1. The molecule has 0 bridgehead atoms. The molecule has 0 saturated carbocycles. The maximum atomic E-state index is 14.6. The standard InChI is InChI=1S/C17H21FN4O2/c1-11-9-16(24)19-20-17(11)13-3-4-15(14(18)10-13)22-7-5-21(6-8-22)12(2)23/h3-4,10-11H,5-9H2,1-2H3,(H,19,24)/t11-/m1/s1. The van der Waals surface area contributed by atoms with Gasteiger partial charge in [-0.15, -0.1) is 0 Å². The molecule has 0 radical (unpaired) electrons. The molecule has 3 rings (SSSR count). The summed E-state index contributed by atoms with van der Waals surface area (Å²) < 4.78 is 14.6. The largest absolute Gasteiger partial charge is 0.366 e. The summed E-state index contributed by atoms with van der Waals surface area (Å²) in [4.78, 5) is 26.4. The number of nitrogens with zero attached hydrogens (tertiary/aromatic N) is 3. The summed E-state index contributed by atoms with van der Waals surface area (Å²) in [5, 5.41) is 4.07. The number of rotatable bonds is 2. The molecule has 128 valence electrons. The van der Waals surface area contributed by atoms with Crippen LogP contribution in [-0.2, 0) is 9.59 Å². The molecule has 2 aliphatic rings. The number of hydrogen-bond donors (Lipinski definition) is 1. The van der Waals surface area contributed by atoms with Crippen LogP contribution in [0.4, 0.5) is 10.1 Å². The molecule has 24 heavy (non-hydrogen) atoms. The molecule has 1 saturated heterocycles. The van der Waals surface area contributed by atoms with E-state index in [4.69, 9.17) is 0 Å². The second kappa shape index (κ2) is 6.59. The van der Waals surface area contributed by atoms with E-state index in [1.54, 1.807) is 17.9 Å². The van der Waals surface area contributed by atoms with E-state index in [0.29, 0.717) is 49.6 Å². The molecular formula is C17H21FN4O2. The minimum atomic E-state index is -0.310. The van der Waals surface area contributed by atoms with E-state index in [0.717, 1.165) is 0 Å². The van der Waals surface area contributed by atoms with E-state index < -0.39 is 0 Å². The quantitative estimate of drug-likeness (QED) is 0.889. The van der Waals surface area contributed by atoms with Gasteiger partial charge in [0.15, 0.2) is 0 Å². The van der Waals surface area contributed by atoms with Crippen molar-refractivity contribution in [2.75, 3.05) is 31.1 Å². The fraction of sp³-hybridized carbons (Fsp3) is 0.471. The molecule has 0 spiro atoms. The second-order valence-electron chi connectivity index (χ2n) is 6.30. The van der Waals surface area contributed by atoms with Crippen molar-refractivity contribution >= 4 is 23.2 Å². The van der Waals surface area contributed by atoms with Crippen LogP contribution in [0.25, 0.3) is 0 Å². The van der Waals surface area contributed by atoms with Gasteiger partial charge in [0.1, 0.15) is 5.82 Å². The zero-order chi connectivity index (χ0) is 17.3. The second-order valence-corrected chi connectivity index (χ2v) is 6.30. The Morgan fingerprint density at radius 3 is 2.58 bits per heavy atom. The topological polar surface area (TPSA) is 65.0 Å². The van der Waals surface area contributed by atoms with Gasteiger partial charge in [-0.1, -0.05) is 13.0 Å². The van der Waals surface area contributed by atoms with Gasteiger partial charge < -0.3 is 9.80 Å². The van der Waals surface area contributed by atoms with Gasteiger partial charge in [-0.25, -0.2) is 9.82 Å². The Kier molecular flexibility index (Phi) is 4.51. The van der Waals surface area contributed by atoms with E-state index in [2.05, 4.69) is 10.5 Å². The molecule has 1 aromatic carbocycles. The first-order chi connectivity index (χ1) is 11.5. The zero-order valence-electron chi connectivity index (χ0n) is 13.9. The molecule has 0 aliphatic carbocycles. The number of hydrogen-bond acceptors (Lipinski definition) is 4. The minimum absolute atomic E-state index is 0.0388. The van der Waals surface area contributed by atoms with Crippen LogP contribution >= 0.6 is 0 Å². The average molecular weight is 332 g/mol. The van der Waals surface area contributed by atoms with E-state index in [9.17, 15) is 14.0 Å². The Morgan fingerprint density at radius 1 is 1.29 bits per heavy atom. The molecule has 0 aromatic heterocycles. The summed E-state index contributed by atoms with van der Waals surface area (Å²) in [5.41, 5.74) is 4.37. The highest BCUT2D eigenvalue weighted by molar-refractivity contribution is 6.05. The van der Waals surface area contributed by atoms with E-state index in [-0.39, 0.29) is 23.5 Å². The van der Waals surface area contributed by atoms with Crippen molar-refractivity contribution in [2.45, 2.75) is 20.3 Å². The zero-order valence-corrected chi connectivity index (χ0v) is 13.9. The maximum Gasteiger partial charge on any atom is 0.240 e. The van der Waals surface area contributed by atoms with Gasteiger partial charge in [0.2, 0.25) is 11.8 Å². The van der Waals surface area contributed by atoms with Crippen LogP contribution in [0.2, 0.25) is 0 Å². The third kappa shape index (κ3) is 3.25. The number of halogens is 1. The summed E-state index contributed by atoms with van der Waals surface area (Å²) >= 11 is 0. The van der Waals surface area contributed by atoms with Crippen molar-refractivity contribution in [2.24, 2.45) is 11.0 Å². The van der Waals surface area contributed by atoms with Crippen molar-refractivity contribution in [1.29, 1.82) is 0 Å². The molecule has 2 heterocycles. The first-order valence-electron chi connectivity index (χ1n) is 8.12. The Labute approximate surface area is 140 Å². The fourth-order valence-electron chi connectivity index (χ4n) is 3.19. The summed E-state index contributed by atoms with van der Waals surface area (Å²) in [6.07, 6.45) is 0.356. The van der Waals surface area contributed by atoms with Crippen LogP contribution in [-0.4, -0.2) is 48.6 Å². The molecule has 1 aromatic rings. The Hall–Kier alpha value is -2.44. The Morgan fingerprint density at radius 2 is 2.00 bits per heavy atom.